The van der Waals surface area contributed by atoms with E-state index in [1.165, 1.54) is 14.9 Å². The Morgan fingerprint density at radius 3 is 2.79 bits per heavy atom. The Morgan fingerprint density at radius 2 is 2.21 bits per heavy atom. The third kappa shape index (κ3) is 2.25. The van der Waals surface area contributed by atoms with Crippen LogP contribution in [0.2, 0.25) is 0 Å². The largest absolute Gasteiger partial charge is 0.324 e. The van der Waals surface area contributed by atoms with Crippen LogP contribution in [-0.2, 0) is 6.42 Å². The maximum atomic E-state index is 6.09. The number of hydrogen-bond donors (Lipinski definition) is 1. The van der Waals surface area contributed by atoms with Crippen molar-refractivity contribution in [1.29, 1.82) is 0 Å². The maximum absolute atomic E-state index is 6.09. The highest BCUT2D eigenvalue weighted by Crippen LogP contribution is 2.27. The Kier molecular flexibility index (Phi) is 3.38. The zero-order chi connectivity index (χ0) is 9.97. The fourth-order valence-electron chi connectivity index (χ4n) is 1.27. The first kappa shape index (κ1) is 10.4. The predicted molar refractivity (Wildman–Crippen MR) is 67.0 cm³/mol. The molecular formula is C10H10BrNS2. The summed E-state index contributed by atoms with van der Waals surface area (Å²) >= 11 is 6.96. The highest BCUT2D eigenvalue weighted by molar-refractivity contribution is 9.10. The SMILES string of the molecule is NC(Cc1sccc1Br)c1ccsc1. The summed E-state index contributed by atoms with van der Waals surface area (Å²) in [6, 6.07) is 4.29. The highest BCUT2D eigenvalue weighted by atomic mass is 79.9. The minimum Gasteiger partial charge on any atom is -0.324 e. The molecule has 0 aliphatic rings. The van der Waals surface area contributed by atoms with Crippen LogP contribution >= 0.6 is 38.6 Å². The summed E-state index contributed by atoms with van der Waals surface area (Å²) in [5, 5.41) is 6.27. The van der Waals surface area contributed by atoms with Crippen LogP contribution in [0.5, 0.6) is 0 Å². The van der Waals surface area contributed by atoms with E-state index in [-0.39, 0.29) is 6.04 Å². The zero-order valence-corrected chi connectivity index (χ0v) is 10.7. The standard InChI is InChI=1S/C10H10BrNS2/c11-8-2-4-14-10(8)5-9(12)7-1-3-13-6-7/h1-4,6,9H,5,12H2. The predicted octanol–water partition coefficient (Wildman–Crippen LogP) is 3.81. The van der Waals surface area contributed by atoms with Gasteiger partial charge < -0.3 is 5.73 Å². The second-order valence-electron chi connectivity index (χ2n) is 3.06. The topological polar surface area (TPSA) is 26.0 Å². The zero-order valence-electron chi connectivity index (χ0n) is 7.44. The molecule has 14 heavy (non-hydrogen) atoms. The molecule has 0 saturated carbocycles. The lowest BCUT2D eigenvalue weighted by Gasteiger charge is -2.08. The van der Waals surface area contributed by atoms with Gasteiger partial charge in [0, 0.05) is 21.8 Å². The molecule has 2 rings (SSSR count). The van der Waals surface area contributed by atoms with Crippen molar-refractivity contribution < 1.29 is 0 Å². The summed E-state index contributed by atoms with van der Waals surface area (Å²) in [5.41, 5.74) is 7.32. The summed E-state index contributed by atoms with van der Waals surface area (Å²) in [4.78, 5) is 1.32. The molecule has 0 amide bonds. The summed E-state index contributed by atoms with van der Waals surface area (Å²) in [7, 11) is 0. The van der Waals surface area contributed by atoms with E-state index >= 15 is 0 Å². The Labute approximate surface area is 99.7 Å². The summed E-state index contributed by atoms with van der Waals surface area (Å²) in [6.45, 7) is 0. The first-order chi connectivity index (χ1) is 6.77. The van der Waals surface area contributed by atoms with Gasteiger partial charge >= 0.3 is 0 Å². The van der Waals surface area contributed by atoms with E-state index in [9.17, 15) is 0 Å². The molecule has 4 heteroatoms. The molecule has 0 spiro atoms. The van der Waals surface area contributed by atoms with Gasteiger partial charge in [0.2, 0.25) is 0 Å². The number of halogens is 1. The molecule has 2 aromatic rings. The third-order valence-electron chi connectivity index (χ3n) is 2.07. The van der Waals surface area contributed by atoms with E-state index in [1.807, 2.05) is 0 Å². The number of hydrogen-bond acceptors (Lipinski definition) is 3. The number of thiophene rings is 2. The minimum absolute atomic E-state index is 0.121. The van der Waals surface area contributed by atoms with E-state index in [1.54, 1.807) is 22.7 Å². The Bertz CT molecular complexity index is 394. The molecule has 0 aliphatic carbocycles. The molecular weight excluding hydrogens is 278 g/mol. The average Bonchev–Trinajstić information content (AvgIpc) is 2.77. The molecule has 0 bridgehead atoms. The van der Waals surface area contributed by atoms with Crippen molar-refractivity contribution in [2.45, 2.75) is 12.5 Å². The smallest absolute Gasteiger partial charge is 0.0352 e. The van der Waals surface area contributed by atoms with Crippen LogP contribution in [0.25, 0.3) is 0 Å². The van der Waals surface area contributed by atoms with Crippen LogP contribution < -0.4 is 5.73 Å². The van der Waals surface area contributed by atoms with Gasteiger partial charge in [-0.05, 0) is 49.8 Å². The van der Waals surface area contributed by atoms with Crippen molar-refractivity contribution in [1.82, 2.24) is 0 Å². The van der Waals surface area contributed by atoms with Crippen LogP contribution in [0, 0.1) is 0 Å². The first-order valence-corrected chi connectivity index (χ1v) is 6.88. The number of rotatable bonds is 3. The van der Waals surface area contributed by atoms with Crippen LogP contribution in [-0.4, -0.2) is 0 Å². The molecule has 0 aromatic carbocycles. The van der Waals surface area contributed by atoms with Crippen LogP contribution in [0.15, 0.2) is 32.7 Å². The fraction of sp³-hybridized carbons (Fsp3) is 0.200. The first-order valence-electron chi connectivity index (χ1n) is 4.27. The van der Waals surface area contributed by atoms with E-state index in [2.05, 4.69) is 44.2 Å². The Hall–Kier alpha value is -0.160. The molecule has 0 saturated heterocycles. The molecule has 0 radical (unpaired) electrons. The molecule has 2 aromatic heterocycles. The van der Waals surface area contributed by atoms with E-state index < -0.39 is 0 Å². The second-order valence-corrected chi connectivity index (χ2v) is 5.69. The van der Waals surface area contributed by atoms with Gasteiger partial charge in [0.1, 0.15) is 0 Å². The van der Waals surface area contributed by atoms with Gasteiger partial charge in [0.05, 0.1) is 0 Å². The molecule has 2 N–H and O–H groups in total. The van der Waals surface area contributed by atoms with Crippen molar-refractivity contribution >= 4 is 38.6 Å². The molecule has 1 nitrogen and oxygen atoms in total. The van der Waals surface area contributed by atoms with Gasteiger partial charge in [-0.15, -0.1) is 11.3 Å². The lowest BCUT2D eigenvalue weighted by Crippen LogP contribution is -2.11. The monoisotopic (exact) mass is 287 g/mol. The fourth-order valence-corrected chi connectivity index (χ4v) is 3.57. The van der Waals surface area contributed by atoms with E-state index in [0.717, 1.165) is 6.42 Å². The van der Waals surface area contributed by atoms with Crippen molar-refractivity contribution in [3.8, 4) is 0 Å². The van der Waals surface area contributed by atoms with Gasteiger partial charge in [0.15, 0.2) is 0 Å². The lowest BCUT2D eigenvalue weighted by atomic mass is 10.1. The van der Waals surface area contributed by atoms with Crippen molar-refractivity contribution in [2.75, 3.05) is 0 Å². The molecule has 2 heterocycles. The molecule has 1 unspecified atom stereocenters. The Balaban J connectivity index is 2.09. The average molecular weight is 288 g/mol. The molecule has 74 valence electrons. The molecule has 0 aliphatic heterocycles. The third-order valence-corrected chi connectivity index (χ3v) is 4.72. The quantitative estimate of drug-likeness (QED) is 0.913. The minimum atomic E-state index is 0.121. The summed E-state index contributed by atoms with van der Waals surface area (Å²) in [5.74, 6) is 0. The molecule has 0 fully saturated rings. The Morgan fingerprint density at radius 1 is 1.36 bits per heavy atom. The number of nitrogens with two attached hydrogens (primary N) is 1. The van der Waals surface area contributed by atoms with Crippen molar-refractivity contribution in [2.24, 2.45) is 5.73 Å². The van der Waals surface area contributed by atoms with Gasteiger partial charge in [-0.3, -0.25) is 0 Å². The summed E-state index contributed by atoms with van der Waals surface area (Å²) in [6.07, 6.45) is 0.912. The van der Waals surface area contributed by atoms with E-state index in [4.69, 9.17) is 5.73 Å². The van der Waals surface area contributed by atoms with Crippen LogP contribution in [0.4, 0.5) is 0 Å². The molecule has 1 atom stereocenters. The van der Waals surface area contributed by atoms with Crippen LogP contribution in [0.3, 0.4) is 0 Å². The normalized spacial score (nSPS) is 13.0. The van der Waals surface area contributed by atoms with Gasteiger partial charge in [0.25, 0.3) is 0 Å². The van der Waals surface area contributed by atoms with Crippen molar-refractivity contribution in [3.63, 3.8) is 0 Å². The van der Waals surface area contributed by atoms with Gasteiger partial charge in [-0.1, -0.05) is 0 Å². The lowest BCUT2D eigenvalue weighted by molar-refractivity contribution is 0.732. The second kappa shape index (κ2) is 4.57. The highest BCUT2D eigenvalue weighted by Gasteiger charge is 2.10. The summed E-state index contributed by atoms with van der Waals surface area (Å²) < 4.78 is 1.17. The van der Waals surface area contributed by atoms with Gasteiger partial charge in [-0.25, -0.2) is 0 Å². The van der Waals surface area contributed by atoms with Crippen LogP contribution in [0.1, 0.15) is 16.5 Å². The van der Waals surface area contributed by atoms with E-state index in [0.29, 0.717) is 0 Å². The van der Waals surface area contributed by atoms with Crippen molar-refractivity contribution in [3.05, 3.63) is 43.2 Å². The van der Waals surface area contributed by atoms with Gasteiger partial charge in [-0.2, -0.15) is 11.3 Å². The maximum Gasteiger partial charge on any atom is 0.0352 e.